The Bertz CT molecular complexity index is 338. The standard InChI is InChI=1S/C15H25NO3/c1-13(2)18-11-9-16(3)10-12-19-15-7-5-14(17-4)6-8-15/h5-8,13H,9-12H2,1-4H3. The van der Waals surface area contributed by atoms with Crippen LogP contribution >= 0.6 is 0 Å². The molecule has 0 saturated carbocycles. The minimum Gasteiger partial charge on any atom is -0.497 e. The fraction of sp³-hybridized carbons (Fsp3) is 0.600. The Labute approximate surface area is 116 Å². The van der Waals surface area contributed by atoms with Gasteiger partial charge in [-0.15, -0.1) is 0 Å². The van der Waals surface area contributed by atoms with Crippen molar-refractivity contribution in [1.82, 2.24) is 4.90 Å². The maximum absolute atomic E-state index is 5.67. The zero-order valence-electron chi connectivity index (χ0n) is 12.4. The maximum Gasteiger partial charge on any atom is 0.119 e. The van der Waals surface area contributed by atoms with Crippen LogP contribution in [0.15, 0.2) is 24.3 Å². The van der Waals surface area contributed by atoms with Crippen LogP contribution in [0.2, 0.25) is 0 Å². The Balaban J connectivity index is 2.14. The number of benzene rings is 1. The molecule has 0 radical (unpaired) electrons. The van der Waals surface area contributed by atoms with Crippen LogP contribution in [0.5, 0.6) is 11.5 Å². The predicted molar refractivity (Wildman–Crippen MR) is 77.1 cm³/mol. The SMILES string of the molecule is COc1ccc(OCCN(C)CCOC(C)C)cc1. The van der Waals surface area contributed by atoms with Crippen molar-refractivity contribution in [2.45, 2.75) is 20.0 Å². The van der Waals surface area contributed by atoms with E-state index in [0.29, 0.717) is 12.7 Å². The van der Waals surface area contributed by atoms with Gasteiger partial charge in [0, 0.05) is 13.1 Å². The molecule has 4 nitrogen and oxygen atoms in total. The van der Waals surface area contributed by atoms with Gasteiger partial charge < -0.3 is 19.1 Å². The molecule has 19 heavy (non-hydrogen) atoms. The van der Waals surface area contributed by atoms with E-state index in [1.807, 2.05) is 38.1 Å². The first-order valence-electron chi connectivity index (χ1n) is 6.69. The van der Waals surface area contributed by atoms with E-state index in [9.17, 15) is 0 Å². The Morgan fingerprint density at radius 1 is 1.00 bits per heavy atom. The molecule has 0 saturated heterocycles. The van der Waals surface area contributed by atoms with E-state index in [4.69, 9.17) is 14.2 Å². The van der Waals surface area contributed by atoms with Gasteiger partial charge in [0.25, 0.3) is 0 Å². The lowest BCUT2D eigenvalue weighted by Gasteiger charge is -2.17. The predicted octanol–water partition coefficient (Wildman–Crippen LogP) is 2.43. The average molecular weight is 267 g/mol. The molecule has 0 fully saturated rings. The van der Waals surface area contributed by atoms with Gasteiger partial charge in [0.05, 0.1) is 19.8 Å². The largest absolute Gasteiger partial charge is 0.497 e. The molecule has 1 rings (SSSR count). The summed E-state index contributed by atoms with van der Waals surface area (Å²) in [5.41, 5.74) is 0. The van der Waals surface area contributed by atoms with Gasteiger partial charge in [0.2, 0.25) is 0 Å². The van der Waals surface area contributed by atoms with Crippen molar-refractivity contribution in [2.24, 2.45) is 0 Å². The van der Waals surface area contributed by atoms with Gasteiger partial charge in [-0.25, -0.2) is 0 Å². The summed E-state index contributed by atoms with van der Waals surface area (Å²) in [5.74, 6) is 1.71. The number of hydrogen-bond donors (Lipinski definition) is 0. The van der Waals surface area contributed by atoms with Crippen LogP contribution in [0.3, 0.4) is 0 Å². The van der Waals surface area contributed by atoms with E-state index in [-0.39, 0.29) is 0 Å². The average Bonchev–Trinajstić information content (AvgIpc) is 2.39. The summed E-state index contributed by atoms with van der Waals surface area (Å²) in [6.07, 6.45) is 0.295. The molecule has 108 valence electrons. The smallest absolute Gasteiger partial charge is 0.119 e. The summed E-state index contributed by atoms with van der Waals surface area (Å²) >= 11 is 0. The Morgan fingerprint density at radius 2 is 1.58 bits per heavy atom. The third kappa shape index (κ3) is 7.03. The summed E-state index contributed by atoms with van der Waals surface area (Å²) < 4.78 is 16.3. The van der Waals surface area contributed by atoms with Gasteiger partial charge in [0.1, 0.15) is 18.1 Å². The quantitative estimate of drug-likeness (QED) is 0.687. The van der Waals surface area contributed by atoms with Crippen molar-refractivity contribution in [3.05, 3.63) is 24.3 Å². The number of rotatable bonds is 9. The maximum atomic E-state index is 5.67. The normalized spacial score (nSPS) is 11.1. The molecule has 0 aliphatic heterocycles. The molecule has 0 bridgehead atoms. The third-order valence-corrected chi connectivity index (χ3v) is 2.73. The minimum absolute atomic E-state index is 0.295. The molecule has 0 N–H and O–H groups in total. The van der Waals surface area contributed by atoms with Crippen LogP contribution < -0.4 is 9.47 Å². The zero-order valence-corrected chi connectivity index (χ0v) is 12.4. The number of methoxy groups -OCH3 is 1. The molecule has 0 aliphatic rings. The number of hydrogen-bond acceptors (Lipinski definition) is 4. The lowest BCUT2D eigenvalue weighted by molar-refractivity contribution is 0.0616. The molecule has 0 aromatic heterocycles. The highest BCUT2D eigenvalue weighted by Gasteiger charge is 2.01. The number of ether oxygens (including phenoxy) is 3. The van der Waals surface area contributed by atoms with Gasteiger partial charge in [-0.3, -0.25) is 0 Å². The van der Waals surface area contributed by atoms with Gasteiger partial charge in [-0.1, -0.05) is 0 Å². The number of likely N-dealkylation sites (N-methyl/N-ethyl adjacent to an activating group) is 1. The first kappa shape index (κ1) is 15.8. The van der Waals surface area contributed by atoms with Crippen LogP contribution in [0.25, 0.3) is 0 Å². The van der Waals surface area contributed by atoms with Crippen molar-refractivity contribution in [1.29, 1.82) is 0 Å². The monoisotopic (exact) mass is 267 g/mol. The van der Waals surface area contributed by atoms with Crippen LogP contribution in [-0.4, -0.2) is 51.5 Å². The molecule has 0 unspecified atom stereocenters. The molecule has 0 atom stereocenters. The second kappa shape index (κ2) is 8.77. The van der Waals surface area contributed by atoms with Gasteiger partial charge in [-0.05, 0) is 45.2 Å². The fourth-order valence-corrected chi connectivity index (χ4v) is 1.55. The van der Waals surface area contributed by atoms with Crippen LogP contribution in [0.4, 0.5) is 0 Å². The lowest BCUT2D eigenvalue weighted by Crippen LogP contribution is -2.28. The van der Waals surface area contributed by atoms with E-state index in [2.05, 4.69) is 11.9 Å². The van der Waals surface area contributed by atoms with Gasteiger partial charge in [-0.2, -0.15) is 0 Å². The Hall–Kier alpha value is -1.26. The van der Waals surface area contributed by atoms with E-state index in [1.165, 1.54) is 0 Å². The van der Waals surface area contributed by atoms with Crippen molar-refractivity contribution < 1.29 is 14.2 Å². The van der Waals surface area contributed by atoms with Crippen molar-refractivity contribution >= 4 is 0 Å². The van der Waals surface area contributed by atoms with Gasteiger partial charge in [0.15, 0.2) is 0 Å². The van der Waals surface area contributed by atoms with Crippen molar-refractivity contribution in [2.75, 3.05) is 40.5 Å². The second-order valence-electron chi connectivity index (χ2n) is 4.75. The molecule has 0 amide bonds. The van der Waals surface area contributed by atoms with Gasteiger partial charge >= 0.3 is 0 Å². The van der Waals surface area contributed by atoms with Crippen LogP contribution in [0, 0.1) is 0 Å². The highest BCUT2D eigenvalue weighted by atomic mass is 16.5. The fourth-order valence-electron chi connectivity index (χ4n) is 1.55. The minimum atomic E-state index is 0.295. The van der Waals surface area contributed by atoms with Crippen LogP contribution in [-0.2, 0) is 4.74 Å². The molecule has 0 aliphatic carbocycles. The van der Waals surface area contributed by atoms with Crippen LogP contribution in [0.1, 0.15) is 13.8 Å². The molecule has 4 heteroatoms. The summed E-state index contributed by atoms with van der Waals surface area (Å²) in [6, 6.07) is 7.63. The summed E-state index contributed by atoms with van der Waals surface area (Å²) in [6.45, 7) is 7.33. The van der Waals surface area contributed by atoms with E-state index in [0.717, 1.165) is 31.2 Å². The second-order valence-corrected chi connectivity index (χ2v) is 4.75. The summed E-state index contributed by atoms with van der Waals surface area (Å²) in [4.78, 5) is 2.20. The highest BCUT2D eigenvalue weighted by Crippen LogP contribution is 2.16. The highest BCUT2D eigenvalue weighted by molar-refractivity contribution is 5.31. The Kier molecular flexibility index (Phi) is 7.30. The molecule has 1 aromatic rings. The first-order valence-corrected chi connectivity index (χ1v) is 6.69. The molecular formula is C15H25NO3. The summed E-state index contributed by atoms with van der Waals surface area (Å²) in [5, 5.41) is 0. The molecular weight excluding hydrogens is 242 g/mol. The topological polar surface area (TPSA) is 30.9 Å². The number of nitrogens with zero attached hydrogens (tertiary/aromatic N) is 1. The third-order valence-electron chi connectivity index (χ3n) is 2.73. The first-order chi connectivity index (χ1) is 9.11. The van der Waals surface area contributed by atoms with E-state index in [1.54, 1.807) is 7.11 Å². The summed E-state index contributed by atoms with van der Waals surface area (Å²) in [7, 11) is 3.73. The molecule has 1 aromatic carbocycles. The molecule has 0 heterocycles. The van der Waals surface area contributed by atoms with E-state index >= 15 is 0 Å². The van der Waals surface area contributed by atoms with Crippen molar-refractivity contribution in [3.63, 3.8) is 0 Å². The van der Waals surface area contributed by atoms with Crippen molar-refractivity contribution in [3.8, 4) is 11.5 Å². The lowest BCUT2D eigenvalue weighted by atomic mass is 10.3. The Morgan fingerprint density at radius 3 is 2.16 bits per heavy atom. The molecule has 0 spiro atoms. The van der Waals surface area contributed by atoms with E-state index < -0.39 is 0 Å². The zero-order chi connectivity index (χ0) is 14.1.